The van der Waals surface area contributed by atoms with E-state index in [1.807, 2.05) is 0 Å². The van der Waals surface area contributed by atoms with Crippen LogP contribution in [0.25, 0.3) is 5.69 Å². The standard InChI is InChI=1S/C19H18F3N5O3/c20-19(21,22)11-23-17(29)13-4-7-16(12(9-13)3-1-2-8-28)27-10-15(25-26-27)18(30)24-14-5-6-14/h4,7,9-10,14,28H,2,5-6,8,11H2,(H,23,29)(H,24,30). The van der Waals surface area contributed by atoms with E-state index in [-0.39, 0.29) is 41.8 Å². The average molecular weight is 421 g/mol. The van der Waals surface area contributed by atoms with Gasteiger partial charge < -0.3 is 15.7 Å². The maximum atomic E-state index is 12.3. The van der Waals surface area contributed by atoms with Crippen LogP contribution in [0.5, 0.6) is 0 Å². The predicted molar refractivity (Wildman–Crippen MR) is 98.8 cm³/mol. The number of rotatable bonds is 6. The molecule has 2 aromatic rings. The molecule has 1 aliphatic rings. The molecule has 0 spiro atoms. The summed E-state index contributed by atoms with van der Waals surface area (Å²) in [6, 6.07) is 4.24. The Bertz CT molecular complexity index is 1000. The first kappa shape index (κ1) is 21.3. The molecule has 1 aromatic carbocycles. The molecule has 0 unspecified atom stereocenters. The number of aromatic nitrogens is 3. The van der Waals surface area contributed by atoms with Crippen LogP contribution < -0.4 is 10.6 Å². The van der Waals surface area contributed by atoms with E-state index >= 15 is 0 Å². The highest BCUT2D eigenvalue weighted by Crippen LogP contribution is 2.20. The zero-order chi connectivity index (χ0) is 21.7. The normalized spacial score (nSPS) is 13.3. The zero-order valence-corrected chi connectivity index (χ0v) is 15.7. The van der Waals surface area contributed by atoms with Crippen LogP contribution in [0, 0.1) is 11.8 Å². The molecular formula is C19H18F3N5O3. The van der Waals surface area contributed by atoms with Crippen molar-refractivity contribution in [3.8, 4) is 17.5 Å². The van der Waals surface area contributed by atoms with E-state index in [1.54, 1.807) is 5.32 Å². The molecule has 0 bridgehead atoms. The molecule has 3 rings (SSSR count). The van der Waals surface area contributed by atoms with E-state index in [4.69, 9.17) is 5.11 Å². The lowest BCUT2D eigenvalue weighted by molar-refractivity contribution is -0.123. The molecule has 1 saturated carbocycles. The largest absolute Gasteiger partial charge is 0.405 e. The molecule has 8 nitrogen and oxygen atoms in total. The second kappa shape index (κ2) is 8.96. The minimum atomic E-state index is -4.53. The lowest BCUT2D eigenvalue weighted by atomic mass is 10.1. The lowest BCUT2D eigenvalue weighted by Gasteiger charge is -2.10. The number of nitrogens with one attached hydrogen (secondary N) is 2. The molecule has 30 heavy (non-hydrogen) atoms. The van der Waals surface area contributed by atoms with Gasteiger partial charge in [-0.05, 0) is 31.0 Å². The monoisotopic (exact) mass is 421 g/mol. The number of aliphatic hydroxyl groups excluding tert-OH is 1. The number of amides is 2. The number of halogens is 3. The summed E-state index contributed by atoms with van der Waals surface area (Å²) in [7, 11) is 0. The van der Waals surface area contributed by atoms with Crippen molar-refractivity contribution in [1.29, 1.82) is 0 Å². The van der Waals surface area contributed by atoms with Gasteiger partial charge in [0.2, 0.25) is 0 Å². The second-order valence-corrected chi connectivity index (χ2v) is 6.60. The van der Waals surface area contributed by atoms with Gasteiger partial charge in [0.05, 0.1) is 24.1 Å². The highest BCUT2D eigenvalue weighted by molar-refractivity contribution is 5.95. The minimum Gasteiger partial charge on any atom is -0.395 e. The third-order valence-corrected chi connectivity index (χ3v) is 4.05. The Labute approximate surface area is 169 Å². The van der Waals surface area contributed by atoms with E-state index in [0.29, 0.717) is 5.69 Å². The molecule has 1 heterocycles. The topological polar surface area (TPSA) is 109 Å². The van der Waals surface area contributed by atoms with Crippen LogP contribution >= 0.6 is 0 Å². The Morgan fingerprint density at radius 3 is 2.70 bits per heavy atom. The third kappa shape index (κ3) is 5.81. The number of nitrogens with zero attached hydrogens (tertiary/aromatic N) is 3. The molecule has 1 aromatic heterocycles. The Kier molecular flexibility index (Phi) is 6.37. The third-order valence-electron chi connectivity index (χ3n) is 4.05. The first-order valence-electron chi connectivity index (χ1n) is 9.09. The van der Waals surface area contributed by atoms with Crippen molar-refractivity contribution in [2.75, 3.05) is 13.2 Å². The molecular weight excluding hydrogens is 403 g/mol. The Morgan fingerprint density at radius 1 is 1.27 bits per heavy atom. The van der Waals surface area contributed by atoms with Crippen molar-refractivity contribution in [2.24, 2.45) is 0 Å². The summed E-state index contributed by atoms with van der Waals surface area (Å²) in [5, 5.41) is 21.2. The molecule has 2 amide bonds. The number of hydrogen-bond donors (Lipinski definition) is 3. The van der Waals surface area contributed by atoms with Crippen molar-refractivity contribution in [1.82, 2.24) is 25.6 Å². The van der Waals surface area contributed by atoms with E-state index in [9.17, 15) is 22.8 Å². The number of alkyl halides is 3. The van der Waals surface area contributed by atoms with E-state index in [1.165, 1.54) is 29.1 Å². The summed E-state index contributed by atoms with van der Waals surface area (Å²) < 4.78 is 38.3. The Hall–Kier alpha value is -3.39. The molecule has 1 fully saturated rings. The Balaban J connectivity index is 1.86. The first-order valence-corrected chi connectivity index (χ1v) is 9.09. The van der Waals surface area contributed by atoms with Crippen LogP contribution in [0.15, 0.2) is 24.4 Å². The van der Waals surface area contributed by atoms with Gasteiger partial charge in [-0.1, -0.05) is 17.1 Å². The minimum absolute atomic E-state index is 0.0249. The summed E-state index contributed by atoms with van der Waals surface area (Å²) in [5.41, 5.74) is 0.735. The average Bonchev–Trinajstić information content (AvgIpc) is 3.37. The fourth-order valence-corrected chi connectivity index (χ4v) is 2.45. The summed E-state index contributed by atoms with van der Waals surface area (Å²) in [5.74, 6) is 4.18. The van der Waals surface area contributed by atoms with Crippen LogP contribution in [0.1, 0.15) is 45.7 Å². The Morgan fingerprint density at radius 2 is 2.03 bits per heavy atom. The van der Waals surface area contributed by atoms with E-state index < -0.39 is 18.6 Å². The van der Waals surface area contributed by atoms with Crippen LogP contribution in [0.3, 0.4) is 0 Å². The molecule has 0 saturated heterocycles. The lowest BCUT2D eigenvalue weighted by Crippen LogP contribution is -2.33. The van der Waals surface area contributed by atoms with E-state index in [2.05, 4.69) is 27.5 Å². The zero-order valence-electron chi connectivity index (χ0n) is 15.7. The predicted octanol–water partition coefficient (Wildman–Crippen LogP) is 1.19. The van der Waals surface area contributed by atoms with Gasteiger partial charge >= 0.3 is 6.18 Å². The summed E-state index contributed by atoms with van der Waals surface area (Å²) in [6.07, 6.45) is -1.13. The van der Waals surface area contributed by atoms with Crippen LogP contribution in [-0.4, -0.2) is 57.3 Å². The number of hydrogen-bond acceptors (Lipinski definition) is 5. The SMILES string of the molecule is O=C(NCC(F)(F)F)c1ccc(-n2cc(C(=O)NC3CC3)nn2)c(C#CCCO)c1. The summed E-state index contributed by atoms with van der Waals surface area (Å²) >= 11 is 0. The van der Waals surface area contributed by atoms with Gasteiger partial charge in [-0.15, -0.1) is 5.10 Å². The molecule has 3 N–H and O–H groups in total. The summed E-state index contributed by atoms with van der Waals surface area (Å²) in [6.45, 7) is -1.63. The van der Waals surface area contributed by atoms with Gasteiger partial charge in [0.1, 0.15) is 6.54 Å². The molecule has 1 aliphatic carbocycles. The van der Waals surface area contributed by atoms with Crippen molar-refractivity contribution in [2.45, 2.75) is 31.5 Å². The van der Waals surface area contributed by atoms with Crippen LogP contribution in [0.4, 0.5) is 13.2 Å². The molecule has 0 aliphatic heterocycles. The molecule has 11 heteroatoms. The van der Waals surface area contributed by atoms with Crippen LogP contribution in [-0.2, 0) is 0 Å². The number of carbonyl (C=O) groups is 2. The highest BCUT2D eigenvalue weighted by Gasteiger charge is 2.28. The number of aliphatic hydroxyl groups is 1. The van der Waals surface area contributed by atoms with Gasteiger partial charge in [-0.25, -0.2) is 4.68 Å². The van der Waals surface area contributed by atoms with Crippen molar-refractivity contribution >= 4 is 11.8 Å². The summed E-state index contributed by atoms with van der Waals surface area (Å²) in [4.78, 5) is 24.1. The van der Waals surface area contributed by atoms with Gasteiger partial charge in [-0.3, -0.25) is 9.59 Å². The maximum Gasteiger partial charge on any atom is 0.405 e. The second-order valence-electron chi connectivity index (χ2n) is 6.60. The van der Waals surface area contributed by atoms with Crippen LogP contribution in [0.2, 0.25) is 0 Å². The van der Waals surface area contributed by atoms with Crippen molar-refractivity contribution < 1.29 is 27.9 Å². The van der Waals surface area contributed by atoms with Crippen molar-refractivity contribution in [3.63, 3.8) is 0 Å². The quantitative estimate of drug-likeness (QED) is 0.607. The smallest absolute Gasteiger partial charge is 0.395 e. The molecule has 0 atom stereocenters. The molecule has 158 valence electrons. The molecule has 0 radical (unpaired) electrons. The number of benzene rings is 1. The van der Waals surface area contributed by atoms with Crippen molar-refractivity contribution in [3.05, 3.63) is 41.2 Å². The van der Waals surface area contributed by atoms with Gasteiger partial charge in [0, 0.05) is 18.0 Å². The fourth-order valence-electron chi connectivity index (χ4n) is 2.45. The van der Waals surface area contributed by atoms with E-state index in [0.717, 1.165) is 12.8 Å². The van der Waals surface area contributed by atoms with Gasteiger partial charge in [0.25, 0.3) is 11.8 Å². The fraction of sp³-hybridized carbons (Fsp3) is 0.368. The maximum absolute atomic E-state index is 12.3. The highest BCUT2D eigenvalue weighted by atomic mass is 19.4. The van der Waals surface area contributed by atoms with Gasteiger partial charge in [0.15, 0.2) is 5.69 Å². The van der Waals surface area contributed by atoms with Gasteiger partial charge in [-0.2, -0.15) is 13.2 Å². The first-order chi connectivity index (χ1) is 14.3. The number of carbonyl (C=O) groups excluding carboxylic acids is 2.